The molecule has 3 nitrogen and oxygen atoms in total. The first kappa shape index (κ1) is 19.6. The maximum absolute atomic E-state index is 5.26. The summed E-state index contributed by atoms with van der Waals surface area (Å²) >= 11 is 1.79. The van der Waals surface area contributed by atoms with Gasteiger partial charge in [-0.25, -0.2) is 4.98 Å². The van der Waals surface area contributed by atoms with Crippen LogP contribution >= 0.6 is 11.8 Å². The Morgan fingerprint density at radius 1 is 0.897 bits per heavy atom. The number of aromatic nitrogens is 2. The van der Waals surface area contributed by atoms with Gasteiger partial charge in [0.1, 0.15) is 10.8 Å². The number of aryl methyl sites for hydroxylation is 2. The molecule has 2 aromatic heterocycles. The van der Waals surface area contributed by atoms with Crippen molar-refractivity contribution in [3.05, 3.63) is 88.7 Å². The summed E-state index contributed by atoms with van der Waals surface area (Å²) in [7, 11) is 1.70. The topological polar surface area (TPSA) is 27.1 Å². The second-order valence-electron chi connectivity index (χ2n) is 7.43. The third kappa shape index (κ3) is 4.03. The molecule has 0 saturated carbocycles. The molecule has 0 amide bonds. The van der Waals surface area contributed by atoms with Crippen LogP contribution in [0.3, 0.4) is 0 Å². The van der Waals surface area contributed by atoms with Crippen LogP contribution in [0.15, 0.2) is 65.8 Å². The minimum absolute atomic E-state index is 0.859. The van der Waals surface area contributed by atoms with Crippen molar-refractivity contribution >= 4 is 22.7 Å². The lowest BCUT2D eigenvalue weighted by Crippen LogP contribution is -2.03. The predicted molar refractivity (Wildman–Crippen MR) is 122 cm³/mol. The van der Waals surface area contributed by atoms with Crippen molar-refractivity contribution in [2.24, 2.45) is 0 Å². The average molecular weight is 403 g/mol. The zero-order valence-electron chi connectivity index (χ0n) is 17.4. The summed E-state index contributed by atoms with van der Waals surface area (Å²) in [4.78, 5) is 4.74. The van der Waals surface area contributed by atoms with E-state index in [2.05, 4.69) is 67.8 Å². The highest BCUT2D eigenvalue weighted by Crippen LogP contribution is 2.34. The number of rotatable bonds is 6. The molecule has 148 valence electrons. The number of methoxy groups -OCH3 is 1. The minimum atomic E-state index is 0.859. The second-order valence-corrected chi connectivity index (χ2v) is 8.40. The number of ether oxygens (including phenoxy) is 1. The highest BCUT2D eigenvalue weighted by molar-refractivity contribution is 7.98. The molecule has 0 aliphatic heterocycles. The maximum atomic E-state index is 5.26. The predicted octanol–water partition coefficient (Wildman–Crippen LogP) is 6.31. The Hall–Kier alpha value is -2.72. The van der Waals surface area contributed by atoms with Gasteiger partial charge < -0.3 is 9.30 Å². The fourth-order valence-electron chi connectivity index (χ4n) is 3.62. The molecule has 0 spiro atoms. The third-order valence-corrected chi connectivity index (χ3v) is 6.56. The molecular weight excluding hydrogens is 376 g/mol. The summed E-state index contributed by atoms with van der Waals surface area (Å²) < 4.78 is 7.68. The number of hydrogen-bond acceptors (Lipinski definition) is 3. The quantitative estimate of drug-likeness (QED) is 0.354. The Bertz CT molecular complexity index is 1130. The first-order chi connectivity index (χ1) is 14.1. The lowest BCUT2D eigenvalue weighted by molar-refractivity contribution is 0.414. The highest BCUT2D eigenvalue weighted by Gasteiger charge is 2.16. The van der Waals surface area contributed by atoms with Gasteiger partial charge in [0.25, 0.3) is 0 Å². The van der Waals surface area contributed by atoms with Crippen molar-refractivity contribution in [2.45, 2.75) is 38.1 Å². The van der Waals surface area contributed by atoms with Crippen LogP contribution in [0.1, 0.15) is 27.9 Å². The van der Waals surface area contributed by atoms with Crippen LogP contribution in [0, 0.1) is 20.8 Å². The lowest BCUT2D eigenvalue weighted by Gasteiger charge is -2.12. The van der Waals surface area contributed by atoms with Gasteiger partial charge >= 0.3 is 0 Å². The molecule has 0 aliphatic rings. The molecule has 0 radical (unpaired) electrons. The van der Waals surface area contributed by atoms with E-state index in [4.69, 9.17) is 9.72 Å². The van der Waals surface area contributed by atoms with Gasteiger partial charge in [0.2, 0.25) is 0 Å². The zero-order chi connectivity index (χ0) is 20.4. The Morgan fingerprint density at radius 2 is 1.59 bits per heavy atom. The number of thioether (sulfide) groups is 1. The van der Waals surface area contributed by atoms with Crippen LogP contribution in [0.5, 0.6) is 5.75 Å². The molecular formula is C25H26N2OS. The molecule has 29 heavy (non-hydrogen) atoms. The zero-order valence-corrected chi connectivity index (χ0v) is 18.2. The number of benzene rings is 2. The molecule has 0 unspecified atom stereocenters. The lowest BCUT2D eigenvalue weighted by atomic mass is 10.1. The molecule has 0 saturated heterocycles. The van der Waals surface area contributed by atoms with Crippen molar-refractivity contribution < 1.29 is 4.74 Å². The van der Waals surface area contributed by atoms with E-state index in [1.165, 1.54) is 38.9 Å². The van der Waals surface area contributed by atoms with E-state index in [9.17, 15) is 0 Å². The largest absolute Gasteiger partial charge is 0.497 e. The summed E-state index contributed by atoms with van der Waals surface area (Å²) in [5.74, 6) is 1.77. The maximum Gasteiger partial charge on any atom is 0.121 e. The molecule has 4 rings (SSSR count). The normalized spacial score (nSPS) is 11.2. The van der Waals surface area contributed by atoms with E-state index in [0.29, 0.717) is 0 Å². The summed E-state index contributed by atoms with van der Waals surface area (Å²) in [6.45, 7) is 7.41. The third-order valence-electron chi connectivity index (χ3n) is 5.51. The van der Waals surface area contributed by atoms with Crippen molar-refractivity contribution in [3.8, 4) is 5.75 Å². The average Bonchev–Trinajstić information content (AvgIpc) is 2.99. The minimum Gasteiger partial charge on any atom is -0.497 e. The highest BCUT2D eigenvalue weighted by atomic mass is 32.2. The van der Waals surface area contributed by atoms with Crippen LogP contribution in [-0.4, -0.2) is 16.7 Å². The van der Waals surface area contributed by atoms with Crippen molar-refractivity contribution in [2.75, 3.05) is 7.11 Å². The number of pyridine rings is 1. The van der Waals surface area contributed by atoms with Gasteiger partial charge in [-0.15, -0.1) is 0 Å². The first-order valence-corrected chi connectivity index (χ1v) is 10.8. The van der Waals surface area contributed by atoms with Crippen LogP contribution in [-0.2, 0) is 12.3 Å². The molecule has 2 aromatic carbocycles. The van der Waals surface area contributed by atoms with Gasteiger partial charge in [0.05, 0.1) is 12.6 Å². The van der Waals surface area contributed by atoms with Crippen LogP contribution in [0.2, 0.25) is 0 Å². The van der Waals surface area contributed by atoms with Crippen molar-refractivity contribution in [1.29, 1.82) is 0 Å². The fourth-order valence-corrected chi connectivity index (χ4v) is 4.60. The Balaban J connectivity index is 1.68. The first-order valence-electron chi connectivity index (χ1n) is 9.82. The molecule has 4 heteroatoms. The number of hydrogen-bond donors (Lipinski definition) is 0. The molecule has 0 aliphatic carbocycles. The molecule has 0 atom stereocenters. The van der Waals surface area contributed by atoms with Crippen LogP contribution < -0.4 is 4.74 Å². The van der Waals surface area contributed by atoms with E-state index in [1.54, 1.807) is 18.9 Å². The Kier molecular flexibility index (Phi) is 5.63. The van der Waals surface area contributed by atoms with E-state index in [-0.39, 0.29) is 0 Å². The van der Waals surface area contributed by atoms with E-state index in [1.807, 2.05) is 18.3 Å². The summed E-state index contributed by atoms with van der Waals surface area (Å²) in [5, 5.41) is 2.38. The van der Waals surface area contributed by atoms with Gasteiger partial charge in [-0.1, -0.05) is 53.7 Å². The van der Waals surface area contributed by atoms with E-state index < -0.39 is 0 Å². The standard InChI is InChI=1S/C25H26N2OS/c1-17-5-7-20(8-6-17)15-27-19(3)18(2)23-13-14-26-25(24(23)27)29-16-21-9-11-22(28-4)12-10-21/h5-14H,15-16H2,1-4H3. The fraction of sp³-hybridized carbons (Fsp3) is 0.240. The van der Waals surface area contributed by atoms with Gasteiger partial charge in [-0.2, -0.15) is 0 Å². The molecule has 0 bridgehead atoms. The van der Waals surface area contributed by atoms with Gasteiger partial charge in [-0.3, -0.25) is 0 Å². The Morgan fingerprint density at radius 3 is 2.28 bits per heavy atom. The monoisotopic (exact) mass is 402 g/mol. The van der Waals surface area contributed by atoms with Crippen molar-refractivity contribution in [1.82, 2.24) is 9.55 Å². The molecule has 0 fully saturated rings. The van der Waals surface area contributed by atoms with E-state index >= 15 is 0 Å². The van der Waals surface area contributed by atoms with Gasteiger partial charge in [0.15, 0.2) is 0 Å². The smallest absolute Gasteiger partial charge is 0.121 e. The molecule has 0 N–H and O–H groups in total. The number of fused-ring (bicyclic) bond motifs is 1. The molecule has 4 aromatic rings. The van der Waals surface area contributed by atoms with Crippen LogP contribution in [0.4, 0.5) is 0 Å². The summed E-state index contributed by atoms with van der Waals surface area (Å²) in [5.41, 5.74) is 7.74. The van der Waals surface area contributed by atoms with Gasteiger partial charge in [-0.05, 0) is 55.7 Å². The summed E-state index contributed by atoms with van der Waals surface area (Å²) in [6.07, 6.45) is 1.93. The SMILES string of the molecule is COc1ccc(CSc2nccc3c(C)c(C)n(Cc4ccc(C)cc4)c23)cc1. The Labute approximate surface area is 176 Å². The number of nitrogens with zero attached hydrogens (tertiary/aromatic N) is 2. The van der Waals surface area contributed by atoms with E-state index in [0.717, 1.165) is 23.1 Å². The van der Waals surface area contributed by atoms with Crippen LogP contribution in [0.25, 0.3) is 10.9 Å². The van der Waals surface area contributed by atoms with Crippen molar-refractivity contribution in [3.63, 3.8) is 0 Å². The second kappa shape index (κ2) is 8.34. The summed E-state index contributed by atoms with van der Waals surface area (Å²) in [6, 6.07) is 19.2. The molecule has 2 heterocycles. The van der Waals surface area contributed by atoms with Gasteiger partial charge in [0, 0.05) is 29.6 Å².